The third-order valence-electron chi connectivity index (χ3n) is 3.45. The fraction of sp³-hybridized carbons (Fsp3) is 0.571. The normalized spacial score (nSPS) is 23.9. The molecule has 2 atom stereocenters. The molecule has 18 heavy (non-hydrogen) atoms. The van der Waals surface area contributed by atoms with Crippen LogP contribution in [0.25, 0.3) is 0 Å². The van der Waals surface area contributed by atoms with Crippen LogP contribution in [0.2, 0.25) is 0 Å². The summed E-state index contributed by atoms with van der Waals surface area (Å²) in [6.07, 6.45) is 2.88. The molecule has 1 aromatic rings. The van der Waals surface area contributed by atoms with E-state index < -0.39 is 9.84 Å². The Morgan fingerprint density at radius 2 is 2.06 bits per heavy atom. The standard InChI is InChI=1S/C14H21NO2S/c1-2-6-14(12-7-4-3-5-8-12)15-13-9-10-18(16,17)11-13/h3-5,7-8,13-15H,2,6,9-11H2,1H3. The second-order valence-corrected chi connectivity index (χ2v) is 7.25. The molecule has 0 amide bonds. The van der Waals surface area contributed by atoms with Crippen molar-refractivity contribution < 1.29 is 8.42 Å². The molecule has 0 aromatic heterocycles. The average Bonchev–Trinajstić information content (AvgIpc) is 2.69. The number of sulfone groups is 1. The van der Waals surface area contributed by atoms with Crippen LogP contribution in [0.3, 0.4) is 0 Å². The zero-order valence-corrected chi connectivity index (χ0v) is 11.6. The van der Waals surface area contributed by atoms with Crippen LogP contribution in [-0.4, -0.2) is 26.0 Å². The summed E-state index contributed by atoms with van der Waals surface area (Å²) in [6.45, 7) is 2.16. The topological polar surface area (TPSA) is 46.2 Å². The van der Waals surface area contributed by atoms with E-state index in [0.29, 0.717) is 11.5 Å². The molecular weight excluding hydrogens is 246 g/mol. The van der Waals surface area contributed by atoms with Crippen LogP contribution >= 0.6 is 0 Å². The van der Waals surface area contributed by atoms with Crippen molar-refractivity contribution >= 4 is 9.84 Å². The summed E-state index contributed by atoms with van der Waals surface area (Å²) in [4.78, 5) is 0. The molecule has 2 rings (SSSR count). The molecule has 1 aromatic carbocycles. The van der Waals surface area contributed by atoms with Crippen molar-refractivity contribution in [2.24, 2.45) is 0 Å². The van der Waals surface area contributed by atoms with E-state index in [9.17, 15) is 8.42 Å². The molecule has 100 valence electrons. The SMILES string of the molecule is CCCC(NC1CCS(=O)(=O)C1)c1ccccc1. The van der Waals surface area contributed by atoms with Gasteiger partial charge in [-0.1, -0.05) is 43.7 Å². The first-order valence-electron chi connectivity index (χ1n) is 6.62. The van der Waals surface area contributed by atoms with Gasteiger partial charge in [0, 0.05) is 12.1 Å². The third-order valence-corrected chi connectivity index (χ3v) is 5.22. The molecule has 0 bridgehead atoms. The van der Waals surface area contributed by atoms with Crippen LogP contribution in [0.5, 0.6) is 0 Å². The van der Waals surface area contributed by atoms with E-state index >= 15 is 0 Å². The zero-order chi connectivity index (χ0) is 13.0. The van der Waals surface area contributed by atoms with Crippen LogP contribution in [0, 0.1) is 0 Å². The van der Waals surface area contributed by atoms with E-state index in [2.05, 4.69) is 24.4 Å². The van der Waals surface area contributed by atoms with Crippen molar-refractivity contribution in [2.45, 2.75) is 38.3 Å². The first-order chi connectivity index (χ1) is 8.61. The zero-order valence-electron chi connectivity index (χ0n) is 10.8. The van der Waals surface area contributed by atoms with Gasteiger partial charge in [0.1, 0.15) is 0 Å². The first-order valence-corrected chi connectivity index (χ1v) is 8.44. The molecule has 1 saturated heterocycles. The molecule has 1 aliphatic heterocycles. The van der Waals surface area contributed by atoms with Crippen molar-refractivity contribution in [3.8, 4) is 0 Å². The van der Waals surface area contributed by atoms with Crippen LogP contribution in [0.15, 0.2) is 30.3 Å². The highest BCUT2D eigenvalue weighted by Gasteiger charge is 2.29. The maximum atomic E-state index is 11.5. The Labute approximate surface area is 110 Å². The van der Waals surface area contributed by atoms with Crippen LogP contribution in [0.4, 0.5) is 0 Å². The predicted molar refractivity (Wildman–Crippen MR) is 74.3 cm³/mol. The molecule has 4 heteroatoms. The molecule has 3 nitrogen and oxygen atoms in total. The summed E-state index contributed by atoms with van der Waals surface area (Å²) in [5.41, 5.74) is 1.25. The van der Waals surface area contributed by atoms with Gasteiger partial charge in [-0.05, 0) is 18.4 Å². The Balaban J connectivity index is 2.04. The lowest BCUT2D eigenvalue weighted by molar-refractivity contribution is 0.434. The highest BCUT2D eigenvalue weighted by molar-refractivity contribution is 7.91. The van der Waals surface area contributed by atoms with Crippen molar-refractivity contribution in [3.05, 3.63) is 35.9 Å². The van der Waals surface area contributed by atoms with Gasteiger partial charge >= 0.3 is 0 Å². The summed E-state index contributed by atoms with van der Waals surface area (Å²) in [5, 5.41) is 3.51. The quantitative estimate of drug-likeness (QED) is 0.890. The predicted octanol–water partition coefficient (Wildman–Crippen LogP) is 2.30. The largest absolute Gasteiger partial charge is 0.306 e. The molecule has 2 unspecified atom stereocenters. The van der Waals surface area contributed by atoms with Crippen molar-refractivity contribution in [1.82, 2.24) is 5.32 Å². The molecule has 0 spiro atoms. The summed E-state index contributed by atoms with van der Waals surface area (Å²) in [6, 6.07) is 10.7. The Morgan fingerprint density at radius 3 is 2.61 bits per heavy atom. The van der Waals surface area contributed by atoms with Gasteiger partial charge in [0.15, 0.2) is 9.84 Å². The number of benzene rings is 1. The van der Waals surface area contributed by atoms with Crippen LogP contribution in [-0.2, 0) is 9.84 Å². The Hall–Kier alpha value is -0.870. The number of rotatable bonds is 5. The van der Waals surface area contributed by atoms with E-state index in [4.69, 9.17) is 0 Å². The van der Waals surface area contributed by atoms with E-state index in [1.54, 1.807) is 0 Å². The van der Waals surface area contributed by atoms with Crippen LogP contribution < -0.4 is 5.32 Å². The number of nitrogens with one attached hydrogen (secondary N) is 1. The lowest BCUT2D eigenvalue weighted by Crippen LogP contribution is -2.33. The van der Waals surface area contributed by atoms with Crippen LogP contribution in [0.1, 0.15) is 37.8 Å². The maximum absolute atomic E-state index is 11.5. The van der Waals surface area contributed by atoms with Gasteiger partial charge < -0.3 is 5.32 Å². The Kier molecular flexibility index (Phi) is 4.40. The van der Waals surface area contributed by atoms with E-state index in [1.165, 1.54) is 5.56 Å². The minimum atomic E-state index is -2.80. The first kappa shape index (κ1) is 13.6. The molecule has 1 heterocycles. The molecular formula is C14H21NO2S. The minimum absolute atomic E-state index is 0.117. The molecule has 0 saturated carbocycles. The fourth-order valence-electron chi connectivity index (χ4n) is 2.53. The van der Waals surface area contributed by atoms with E-state index in [0.717, 1.165) is 19.3 Å². The second kappa shape index (κ2) is 5.85. The van der Waals surface area contributed by atoms with Crippen molar-refractivity contribution in [2.75, 3.05) is 11.5 Å². The molecule has 1 N–H and O–H groups in total. The van der Waals surface area contributed by atoms with Gasteiger partial charge in [-0.25, -0.2) is 8.42 Å². The smallest absolute Gasteiger partial charge is 0.151 e. The number of hydrogen-bond donors (Lipinski definition) is 1. The fourth-order valence-corrected chi connectivity index (χ4v) is 4.22. The average molecular weight is 267 g/mol. The number of hydrogen-bond acceptors (Lipinski definition) is 3. The highest BCUT2D eigenvalue weighted by atomic mass is 32.2. The van der Waals surface area contributed by atoms with E-state index in [1.807, 2.05) is 18.2 Å². The summed E-state index contributed by atoms with van der Waals surface area (Å²) in [7, 11) is -2.80. The molecule has 1 aliphatic rings. The van der Waals surface area contributed by atoms with Gasteiger partial charge in [-0.3, -0.25) is 0 Å². The lowest BCUT2D eigenvalue weighted by atomic mass is 10.0. The third kappa shape index (κ3) is 3.56. The molecule has 0 radical (unpaired) electrons. The summed E-state index contributed by atoms with van der Waals surface area (Å²) >= 11 is 0. The van der Waals surface area contributed by atoms with Gasteiger partial charge in [0.2, 0.25) is 0 Å². The summed E-state index contributed by atoms with van der Waals surface area (Å²) in [5.74, 6) is 0.623. The van der Waals surface area contributed by atoms with Gasteiger partial charge in [0.05, 0.1) is 11.5 Å². The van der Waals surface area contributed by atoms with Gasteiger partial charge in [0.25, 0.3) is 0 Å². The van der Waals surface area contributed by atoms with Crippen molar-refractivity contribution in [3.63, 3.8) is 0 Å². The molecule has 0 aliphatic carbocycles. The minimum Gasteiger partial charge on any atom is -0.306 e. The summed E-state index contributed by atoms with van der Waals surface area (Å²) < 4.78 is 23.0. The maximum Gasteiger partial charge on any atom is 0.151 e. The van der Waals surface area contributed by atoms with E-state index in [-0.39, 0.29) is 12.1 Å². The van der Waals surface area contributed by atoms with Gasteiger partial charge in [-0.2, -0.15) is 0 Å². The van der Waals surface area contributed by atoms with Gasteiger partial charge in [-0.15, -0.1) is 0 Å². The Morgan fingerprint density at radius 1 is 1.33 bits per heavy atom. The molecule has 1 fully saturated rings. The monoisotopic (exact) mass is 267 g/mol. The highest BCUT2D eigenvalue weighted by Crippen LogP contribution is 2.22. The lowest BCUT2D eigenvalue weighted by Gasteiger charge is -2.22. The van der Waals surface area contributed by atoms with Crippen molar-refractivity contribution in [1.29, 1.82) is 0 Å². The second-order valence-electron chi connectivity index (χ2n) is 5.02. The Bertz CT molecular complexity index is 470.